The molecule has 0 N–H and O–H groups in total. The first-order valence-electron chi connectivity index (χ1n) is 19.2. The molecule has 12 rings (SSSR count). The van der Waals surface area contributed by atoms with Crippen molar-refractivity contribution in [3.8, 4) is 56.4 Å². The smallest absolute Gasteiger partial charge is 0.178 e. The summed E-state index contributed by atoms with van der Waals surface area (Å²) in [6, 6.07) is 62.2. The van der Waals surface area contributed by atoms with E-state index in [1.54, 1.807) is 0 Å². The van der Waals surface area contributed by atoms with Crippen molar-refractivity contribution in [3.63, 3.8) is 0 Å². The molecule has 0 aromatic heterocycles. The second-order valence-electron chi connectivity index (χ2n) is 15.6. The maximum Gasteiger partial charge on any atom is 0.178 e. The predicted octanol–water partition coefficient (Wildman–Crippen LogP) is 14.5. The lowest BCUT2D eigenvalue weighted by molar-refractivity contribution is 0.360. The zero-order valence-corrected chi connectivity index (χ0v) is 32.4. The summed E-state index contributed by atoms with van der Waals surface area (Å²) in [7, 11) is 0. The van der Waals surface area contributed by atoms with Crippen LogP contribution in [0.25, 0.3) is 33.4 Å². The fourth-order valence-corrected chi connectivity index (χ4v) is 12.2. The fraction of sp³-hybridized carbons (Fsp3) is 0.0769. The van der Waals surface area contributed by atoms with E-state index in [1.807, 2.05) is 47.8 Å². The van der Waals surface area contributed by atoms with E-state index in [2.05, 4.69) is 159 Å². The lowest BCUT2D eigenvalue weighted by Gasteiger charge is -2.34. The van der Waals surface area contributed by atoms with E-state index in [4.69, 9.17) is 9.47 Å². The number of hydrogen-bond acceptors (Lipinski definition) is 4. The lowest BCUT2D eigenvalue weighted by Crippen LogP contribution is -2.28. The molecule has 0 saturated carbocycles. The standard InChI is InChI=1S/C52H34O2S2/c1-51(2)37-23-21-31(29-35(37)47-39(51)25-27-43-49(47)54-42-18-10-9-17-41(42)53-43)32-22-24-38-36(30-32)48-40(26-28-46-50(48)56-45-20-12-11-19-44(45)55-46)52(38,33-13-5-3-6-14-33)34-15-7-4-8-16-34/h3-30H,1-2H3. The van der Waals surface area contributed by atoms with Crippen LogP contribution in [0, 0.1) is 0 Å². The van der Waals surface area contributed by atoms with Crippen LogP contribution in [0.3, 0.4) is 0 Å². The zero-order valence-electron chi connectivity index (χ0n) is 30.8. The summed E-state index contributed by atoms with van der Waals surface area (Å²) in [5.74, 6) is 3.04. The van der Waals surface area contributed by atoms with E-state index < -0.39 is 5.41 Å². The highest BCUT2D eigenvalue weighted by molar-refractivity contribution is 8.05. The molecule has 0 bridgehead atoms. The first-order valence-corrected chi connectivity index (χ1v) is 20.8. The summed E-state index contributed by atoms with van der Waals surface area (Å²) in [5.41, 5.74) is 14.4. The fourth-order valence-electron chi connectivity index (χ4n) is 9.74. The van der Waals surface area contributed by atoms with Crippen molar-refractivity contribution in [2.24, 2.45) is 0 Å². The molecule has 2 aliphatic heterocycles. The van der Waals surface area contributed by atoms with Gasteiger partial charge in [0.25, 0.3) is 0 Å². The van der Waals surface area contributed by atoms with Crippen LogP contribution in [0.5, 0.6) is 23.0 Å². The maximum absolute atomic E-state index is 6.67. The van der Waals surface area contributed by atoms with E-state index in [0.29, 0.717) is 0 Å². The van der Waals surface area contributed by atoms with Crippen LogP contribution in [0.1, 0.15) is 47.2 Å². The average molecular weight is 755 g/mol. The van der Waals surface area contributed by atoms with Crippen LogP contribution in [0.15, 0.2) is 189 Å². The summed E-state index contributed by atoms with van der Waals surface area (Å²) in [6.07, 6.45) is 0. The number of fused-ring (bicyclic) bond motifs is 12. The molecule has 266 valence electrons. The molecule has 0 radical (unpaired) electrons. The van der Waals surface area contributed by atoms with Crippen molar-refractivity contribution in [2.75, 3.05) is 0 Å². The summed E-state index contributed by atoms with van der Waals surface area (Å²) in [5, 5.41) is 0. The van der Waals surface area contributed by atoms with Gasteiger partial charge in [-0.3, -0.25) is 0 Å². The molecule has 2 nitrogen and oxygen atoms in total. The average Bonchev–Trinajstić information content (AvgIpc) is 3.68. The Morgan fingerprint density at radius 2 is 0.964 bits per heavy atom. The number of benzene rings is 8. The van der Waals surface area contributed by atoms with Gasteiger partial charge in [0.05, 0.1) is 5.41 Å². The molecule has 0 fully saturated rings. The lowest BCUT2D eigenvalue weighted by atomic mass is 9.67. The monoisotopic (exact) mass is 754 g/mol. The van der Waals surface area contributed by atoms with Gasteiger partial charge in [-0.1, -0.05) is 159 Å². The third-order valence-electron chi connectivity index (χ3n) is 12.3. The highest BCUT2D eigenvalue weighted by Crippen LogP contribution is 2.63. The number of hydrogen-bond donors (Lipinski definition) is 0. The first-order chi connectivity index (χ1) is 27.5. The Hall–Kier alpha value is -5.94. The zero-order chi connectivity index (χ0) is 37.2. The molecule has 0 atom stereocenters. The van der Waals surface area contributed by atoms with Gasteiger partial charge >= 0.3 is 0 Å². The molecular weight excluding hydrogens is 721 g/mol. The molecule has 4 heteroatoms. The third kappa shape index (κ3) is 4.37. The number of rotatable bonds is 3. The van der Waals surface area contributed by atoms with E-state index in [1.165, 1.54) is 80.8 Å². The Balaban J connectivity index is 1.08. The van der Waals surface area contributed by atoms with Crippen LogP contribution in [-0.4, -0.2) is 0 Å². The van der Waals surface area contributed by atoms with E-state index in [-0.39, 0.29) is 5.41 Å². The van der Waals surface area contributed by atoms with Gasteiger partial charge in [-0.15, -0.1) is 0 Å². The van der Waals surface area contributed by atoms with Gasteiger partial charge in [0.15, 0.2) is 23.0 Å². The summed E-state index contributed by atoms with van der Waals surface area (Å²) < 4.78 is 13.1. The molecule has 0 spiro atoms. The Kier molecular flexibility index (Phi) is 6.80. The van der Waals surface area contributed by atoms with Crippen molar-refractivity contribution in [1.29, 1.82) is 0 Å². The van der Waals surface area contributed by atoms with Crippen molar-refractivity contribution in [2.45, 2.75) is 44.3 Å². The van der Waals surface area contributed by atoms with Crippen molar-refractivity contribution >= 4 is 23.5 Å². The van der Waals surface area contributed by atoms with Crippen LogP contribution in [0.2, 0.25) is 0 Å². The first kappa shape index (κ1) is 32.3. The molecule has 0 amide bonds. The molecule has 0 saturated heterocycles. The minimum Gasteiger partial charge on any atom is -0.449 e. The molecular formula is C52H34O2S2. The van der Waals surface area contributed by atoms with Crippen LogP contribution in [0.4, 0.5) is 0 Å². The predicted molar refractivity (Wildman–Crippen MR) is 228 cm³/mol. The summed E-state index contributed by atoms with van der Waals surface area (Å²) >= 11 is 3.80. The summed E-state index contributed by atoms with van der Waals surface area (Å²) in [6.45, 7) is 4.63. The highest BCUT2D eigenvalue weighted by Gasteiger charge is 2.48. The van der Waals surface area contributed by atoms with E-state index in [0.717, 1.165) is 28.6 Å². The Morgan fingerprint density at radius 3 is 1.66 bits per heavy atom. The minimum atomic E-state index is -0.476. The van der Waals surface area contributed by atoms with Gasteiger partial charge in [-0.25, -0.2) is 0 Å². The van der Waals surface area contributed by atoms with Gasteiger partial charge in [-0.2, -0.15) is 0 Å². The van der Waals surface area contributed by atoms with Crippen LogP contribution in [-0.2, 0) is 10.8 Å². The topological polar surface area (TPSA) is 18.5 Å². The molecule has 0 unspecified atom stereocenters. The van der Waals surface area contributed by atoms with Gasteiger partial charge in [0, 0.05) is 36.1 Å². The van der Waals surface area contributed by atoms with Gasteiger partial charge in [-0.05, 0) is 104 Å². The maximum atomic E-state index is 6.67. The molecule has 4 aliphatic rings. The number of ether oxygens (including phenoxy) is 2. The molecule has 2 aliphatic carbocycles. The molecule has 8 aromatic rings. The third-order valence-corrected chi connectivity index (χ3v) is 14.9. The normalized spacial score (nSPS) is 15.4. The van der Waals surface area contributed by atoms with Gasteiger partial charge in [0.1, 0.15) is 0 Å². The van der Waals surface area contributed by atoms with Crippen LogP contribution < -0.4 is 9.47 Å². The van der Waals surface area contributed by atoms with E-state index >= 15 is 0 Å². The molecule has 56 heavy (non-hydrogen) atoms. The van der Waals surface area contributed by atoms with Crippen LogP contribution >= 0.6 is 23.5 Å². The van der Waals surface area contributed by atoms with Gasteiger partial charge < -0.3 is 9.47 Å². The second-order valence-corrected chi connectivity index (χ2v) is 17.7. The Bertz CT molecular complexity index is 2910. The quantitative estimate of drug-likeness (QED) is 0.179. The SMILES string of the molecule is CC1(C)c2ccc(-c3ccc4c(c3)-c3c(ccc5c3Sc3ccccc3S5)C4(c3ccccc3)c3ccccc3)cc2-c2c1ccc1c2Oc2ccccc2O1. The second kappa shape index (κ2) is 11.8. The molecule has 2 heterocycles. The van der Waals surface area contributed by atoms with Gasteiger partial charge in [0.2, 0.25) is 0 Å². The highest BCUT2D eigenvalue weighted by atomic mass is 32.2. The van der Waals surface area contributed by atoms with Crippen molar-refractivity contribution in [1.82, 2.24) is 0 Å². The molecule has 8 aromatic carbocycles. The Labute approximate surface area is 335 Å². The van der Waals surface area contributed by atoms with Crippen molar-refractivity contribution in [3.05, 3.63) is 203 Å². The van der Waals surface area contributed by atoms with Crippen molar-refractivity contribution < 1.29 is 9.47 Å². The summed E-state index contributed by atoms with van der Waals surface area (Å²) in [4.78, 5) is 5.28. The minimum absolute atomic E-state index is 0.190. The Morgan fingerprint density at radius 1 is 0.411 bits per heavy atom. The van der Waals surface area contributed by atoms with E-state index in [9.17, 15) is 0 Å². The largest absolute Gasteiger partial charge is 0.449 e. The number of para-hydroxylation sites is 2.